The summed E-state index contributed by atoms with van der Waals surface area (Å²) < 4.78 is 0. The molecule has 1 aliphatic rings. The Morgan fingerprint density at radius 3 is 2.78 bits per heavy atom. The van der Waals surface area contributed by atoms with E-state index in [1.54, 1.807) is 6.07 Å². The minimum atomic E-state index is -0.0883. The summed E-state index contributed by atoms with van der Waals surface area (Å²) in [6, 6.07) is 4.48. The molecule has 1 aliphatic heterocycles. The summed E-state index contributed by atoms with van der Waals surface area (Å²) >= 11 is 6.02. The third-order valence-electron chi connectivity index (χ3n) is 3.80. The van der Waals surface area contributed by atoms with Gasteiger partial charge in [0.15, 0.2) is 0 Å². The molecule has 0 bridgehead atoms. The van der Waals surface area contributed by atoms with Crippen LogP contribution in [0.25, 0.3) is 0 Å². The van der Waals surface area contributed by atoms with E-state index >= 15 is 0 Å². The van der Waals surface area contributed by atoms with Gasteiger partial charge in [-0.05, 0) is 36.5 Å². The minimum Gasteiger partial charge on any atom is -0.508 e. The lowest BCUT2D eigenvalue weighted by atomic mass is 9.88. The third-order valence-corrected chi connectivity index (χ3v) is 4.13. The van der Waals surface area contributed by atoms with Crippen molar-refractivity contribution in [3.63, 3.8) is 0 Å². The lowest BCUT2D eigenvalue weighted by molar-refractivity contribution is 0.0627. The Balaban J connectivity index is 2.19. The Hall–Kier alpha value is -1.22. The number of carbonyl (C=O) groups is 1. The van der Waals surface area contributed by atoms with Crippen molar-refractivity contribution in [3.8, 4) is 5.75 Å². The lowest BCUT2D eigenvalue weighted by Crippen LogP contribution is -2.42. The Bertz CT molecular complexity index is 461. The number of nitrogens with zero attached hydrogens (tertiary/aromatic N) is 1. The summed E-state index contributed by atoms with van der Waals surface area (Å²) in [5.74, 6) is 1.13. The van der Waals surface area contributed by atoms with Crippen LogP contribution < -0.4 is 0 Å². The van der Waals surface area contributed by atoms with Crippen molar-refractivity contribution in [2.24, 2.45) is 11.8 Å². The maximum atomic E-state index is 12.4. The molecule has 2 atom stereocenters. The molecule has 1 aromatic rings. The molecule has 18 heavy (non-hydrogen) atoms. The fourth-order valence-electron chi connectivity index (χ4n) is 2.29. The van der Waals surface area contributed by atoms with Crippen LogP contribution in [0.4, 0.5) is 0 Å². The average Bonchev–Trinajstić information content (AvgIpc) is 2.35. The van der Waals surface area contributed by atoms with E-state index < -0.39 is 0 Å². The zero-order valence-electron chi connectivity index (χ0n) is 10.7. The Morgan fingerprint density at radius 2 is 2.11 bits per heavy atom. The molecule has 1 amide bonds. The van der Waals surface area contributed by atoms with Crippen LogP contribution in [0.15, 0.2) is 18.2 Å². The predicted molar refractivity (Wildman–Crippen MR) is 72.0 cm³/mol. The number of piperidine rings is 1. The molecule has 3 nitrogen and oxygen atoms in total. The van der Waals surface area contributed by atoms with Crippen LogP contribution >= 0.6 is 11.6 Å². The van der Waals surface area contributed by atoms with Gasteiger partial charge in [0.25, 0.3) is 5.91 Å². The second kappa shape index (κ2) is 5.19. The highest BCUT2D eigenvalue weighted by Gasteiger charge is 2.27. The van der Waals surface area contributed by atoms with Crippen LogP contribution in [0.2, 0.25) is 5.02 Å². The molecule has 1 N–H and O–H groups in total. The fourth-order valence-corrected chi connectivity index (χ4v) is 2.49. The highest BCUT2D eigenvalue weighted by atomic mass is 35.5. The molecule has 0 spiro atoms. The van der Waals surface area contributed by atoms with Gasteiger partial charge in [-0.25, -0.2) is 0 Å². The number of phenols is 1. The molecule has 0 saturated carbocycles. The van der Waals surface area contributed by atoms with Gasteiger partial charge in [-0.3, -0.25) is 4.79 Å². The highest BCUT2D eigenvalue weighted by molar-refractivity contribution is 6.33. The monoisotopic (exact) mass is 267 g/mol. The molecule has 0 aromatic heterocycles. The quantitative estimate of drug-likeness (QED) is 0.849. The minimum absolute atomic E-state index is 0.0705. The van der Waals surface area contributed by atoms with Gasteiger partial charge in [0.05, 0.1) is 10.6 Å². The predicted octanol–water partition coefficient (Wildman–Crippen LogP) is 3.16. The maximum Gasteiger partial charge on any atom is 0.255 e. The Morgan fingerprint density at radius 1 is 1.39 bits per heavy atom. The van der Waals surface area contributed by atoms with E-state index in [9.17, 15) is 9.90 Å². The van der Waals surface area contributed by atoms with E-state index in [0.717, 1.165) is 19.5 Å². The normalized spacial score (nSPS) is 24.1. The van der Waals surface area contributed by atoms with E-state index in [2.05, 4.69) is 13.8 Å². The zero-order valence-corrected chi connectivity index (χ0v) is 11.4. The number of benzene rings is 1. The molecule has 1 heterocycles. The van der Waals surface area contributed by atoms with Crippen molar-refractivity contribution < 1.29 is 9.90 Å². The summed E-state index contributed by atoms with van der Waals surface area (Å²) in [7, 11) is 0. The second-order valence-electron chi connectivity index (χ2n) is 5.16. The number of amides is 1. The van der Waals surface area contributed by atoms with Crippen molar-refractivity contribution in [1.82, 2.24) is 4.90 Å². The van der Waals surface area contributed by atoms with Crippen molar-refractivity contribution in [2.45, 2.75) is 20.3 Å². The smallest absolute Gasteiger partial charge is 0.255 e. The first-order valence-electron chi connectivity index (χ1n) is 6.27. The van der Waals surface area contributed by atoms with Crippen molar-refractivity contribution in [3.05, 3.63) is 28.8 Å². The number of hydrogen-bond acceptors (Lipinski definition) is 2. The SMILES string of the molecule is CC1CCN(C(=O)c2cc(O)ccc2Cl)CC1C. The number of rotatable bonds is 1. The number of carbonyl (C=O) groups excluding carboxylic acids is 1. The molecule has 1 aromatic carbocycles. The van der Waals surface area contributed by atoms with Gasteiger partial charge in [0.2, 0.25) is 0 Å². The third kappa shape index (κ3) is 2.61. The first kappa shape index (κ1) is 13.2. The maximum absolute atomic E-state index is 12.4. The van der Waals surface area contributed by atoms with Gasteiger partial charge in [0.1, 0.15) is 5.75 Å². The van der Waals surface area contributed by atoms with Crippen LogP contribution in [-0.2, 0) is 0 Å². The molecule has 0 radical (unpaired) electrons. The van der Waals surface area contributed by atoms with Crippen LogP contribution in [0, 0.1) is 11.8 Å². The number of halogens is 1. The molecule has 0 aliphatic carbocycles. The lowest BCUT2D eigenvalue weighted by Gasteiger charge is -2.35. The average molecular weight is 268 g/mol. The standard InChI is InChI=1S/C14H18ClNO2/c1-9-5-6-16(8-10(9)2)14(18)12-7-11(17)3-4-13(12)15/h3-4,7,9-10,17H,5-6,8H2,1-2H3. The van der Waals surface area contributed by atoms with Crippen molar-refractivity contribution >= 4 is 17.5 Å². The molecule has 4 heteroatoms. The molecule has 2 rings (SSSR count). The van der Waals surface area contributed by atoms with Gasteiger partial charge in [-0.1, -0.05) is 25.4 Å². The summed E-state index contributed by atoms with van der Waals surface area (Å²) in [6.45, 7) is 5.89. The molecule has 1 saturated heterocycles. The van der Waals surface area contributed by atoms with Crippen LogP contribution in [-0.4, -0.2) is 29.0 Å². The molecular weight excluding hydrogens is 250 g/mol. The number of likely N-dealkylation sites (tertiary alicyclic amines) is 1. The Labute approximate surface area is 112 Å². The van der Waals surface area contributed by atoms with Gasteiger partial charge >= 0.3 is 0 Å². The number of hydrogen-bond donors (Lipinski definition) is 1. The van der Waals surface area contributed by atoms with E-state index in [1.807, 2.05) is 4.90 Å². The molecular formula is C14H18ClNO2. The largest absolute Gasteiger partial charge is 0.508 e. The van der Waals surface area contributed by atoms with E-state index in [1.165, 1.54) is 12.1 Å². The Kier molecular flexibility index (Phi) is 3.81. The van der Waals surface area contributed by atoms with Gasteiger partial charge in [-0.2, -0.15) is 0 Å². The molecule has 98 valence electrons. The number of aromatic hydroxyl groups is 1. The van der Waals surface area contributed by atoms with E-state index in [0.29, 0.717) is 22.4 Å². The fraction of sp³-hybridized carbons (Fsp3) is 0.500. The van der Waals surface area contributed by atoms with Crippen LogP contribution in [0.5, 0.6) is 5.75 Å². The summed E-state index contributed by atoms with van der Waals surface area (Å²) in [6.07, 6.45) is 1.02. The van der Waals surface area contributed by atoms with E-state index in [4.69, 9.17) is 11.6 Å². The first-order valence-corrected chi connectivity index (χ1v) is 6.64. The van der Waals surface area contributed by atoms with Gasteiger partial charge in [-0.15, -0.1) is 0 Å². The van der Waals surface area contributed by atoms with Gasteiger partial charge < -0.3 is 10.0 Å². The highest BCUT2D eigenvalue weighted by Crippen LogP contribution is 2.27. The molecule has 2 unspecified atom stereocenters. The van der Waals surface area contributed by atoms with Gasteiger partial charge in [0, 0.05) is 13.1 Å². The summed E-state index contributed by atoms with van der Waals surface area (Å²) in [5.41, 5.74) is 0.387. The van der Waals surface area contributed by atoms with E-state index in [-0.39, 0.29) is 11.7 Å². The van der Waals surface area contributed by atoms with Crippen LogP contribution in [0.1, 0.15) is 30.6 Å². The summed E-state index contributed by atoms with van der Waals surface area (Å²) in [4.78, 5) is 14.2. The summed E-state index contributed by atoms with van der Waals surface area (Å²) in [5, 5.41) is 9.84. The topological polar surface area (TPSA) is 40.5 Å². The second-order valence-corrected chi connectivity index (χ2v) is 5.57. The van der Waals surface area contributed by atoms with Crippen molar-refractivity contribution in [1.29, 1.82) is 0 Å². The number of phenolic OH excluding ortho intramolecular Hbond substituents is 1. The molecule has 1 fully saturated rings. The zero-order chi connectivity index (χ0) is 13.3. The van der Waals surface area contributed by atoms with Crippen LogP contribution in [0.3, 0.4) is 0 Å². The first-order chi connectivity index (χ1) is 8.49. The van der Waals surface area contributed by atoms with Crippen molar-refractivity contribution in [2.75, 3.05) is 13.1 Å².